The average Bonchev–Trinajstić information content (AvgIpc) is 3.23. The molecule has 29 heavy (non-hydrogen) atoms. The highest BCUT2D eigenvalue weighted by molar-refractivity contribution is 5.97. The summed E-state index contributed by atoms with van der Waals surface area (Å²) in [6.45, 7) is 0. The number of aromatic nitrogens is 4. The second kappa shape index (κ2) is 7.16. The van der Waals surface area contributed by atoms with Crippen molar-refractivity contribution >= 4 is 27.6 Å². The molecule has 0 atom stereocenters. The maximum Gasteiger partial charge on any atom is 0.272 e. The highest BCUT2D eigenvalue weighted by atomic mass is 16.1. The van der Waals surface area contributed by atoms with Crippen molar-refractivity contribution < 1.29 is 4.79 Å². The van der Waals surface area contributed by atoms with Crippen molar-refractivity contribution in [3.8, 4) is 0 Å². The number of hydrogen-bond acceptors (Lipinski definition) is 4. The fraction of sp³-hybridized carbons (Fsp3) is 0.273. The number of benzene rings is 2. The Kier molecular flexibility index (Phi) is 4.35. The zero-order chi connectivity index (χ0) is 19.8. The molecule has 0 spiro atoms. The minimum Gasteiger partial charge on any atom is -0.349 e. The van der Waals surface area contributed by atoms with Gasteiger partial charge < -0.3 is 5.32 Å². The first-order chi connectivity index (χ1) is 14.2. The molecule has 0 aliphatic heterocycles. The van der Waals surface area contributed by atoms with Gasteiger partial charge in [-0.2, -0.15) is 10.2 Å². The first kappa shape index (κ1) is 17.6. The van der Waals surface area contributed by atoms with Gasteiger partial charge in [0.15, 0.2) is 0 Å². The number of hydrogen-bond donors (Lipinski definition) is 3. The van der Waals surface area contributed by atoms with E-state index in [2.05, 4.69) is 25.7 Å². The average molecular weight is 387 g/mol. The normalized spacial score (nSPS) is 19.4. The molecule has 1 aliphatic rings. The van der Waals surface area contributed by atoms with Crippen molar-refractivity contribution in [2.24, 2.45) is 0 Å². The van der Waals surface area contributed by atoms with Crippen molar-refractivity contribution in [1.82, 2.24) is 25.7 Å². The summed E-state index contributed by atoms with van der Waals surface area (Å²) in [6, 6.07) is 13.3. The van der Waals surface area contributed by atoms with E-state index in [0.717, 1.165) is 47.7 Å². The monoisotopic (exact) mass is 387 g/mol. The van der Waals surface area contributed by atoms with Crippen molar-refractivity contribution in [3.05, 3.63) is 70.3 Å². The quantitative estimate of drug-likeness (QED) is 0.502. The lowest BCUT2D eigenvalue weighted by molar-refractivity contribution is 0.0926. The Morgan fingerprint density at radius 3 is 2.62 bits per heavy atom. The van der Waals surface area contributed by atoms with Crippen molar-refractivity contribution in [1.29, 1.82) is 0 Å². The van der Waals surface area contributed by atoms with Crippen LogP contribution in [-0.4, -0.2) is 32.3 Å². The highest BCUT2D eigenvalue weighted by Gasteiger charge is 2.26. The molecule has 0 saturated heterocycles. The van der Waals surface area contributed by atoms with Crippen LogP contribution in [0.4, 0.5) is 0 Å². The molecule has 1 aliphatic carbocycles. The van der Waals surface area contributed by atoms with Crippen LogP contribution in [0.1, 0.15) is 47.7 Å². The number of carbonyl (C=O) groups is 1. The molecule has 1 amide bonds. The summed E-state index contributed by atoms with van der Waals surface area (Å²) in [4.78, 5) is 24.7. The third kappa shape index (κ3) is 3.29. The second-order valence-corrected chi connectivity index (χ2v) is 7.68. The Hall–Kier alpha value is -3.48. The minimum atomic E-state index is -0.153. The fourth-order valence-electron chi connectivity index (χ4n) is 4.31. The lowest BCUT2D eigenvalue weighted by Gasteiger charge is -2.29. The van der Waals surface area contributed by atoms with Gasteiger partial charge in [-0.25, -0.2) is 5.10 Å². The van der Waals surface area contributed by atoms with Crippen LogP contribution in [0.25, 0.3) is 21.7 Å². The SMILES string of the molecule is O=C(NC1CCC(c2n[nH]c(=O)c3ccccc23)CC1)c1ccc2cn[nH]c2c1. The Bertz CT molecular complexity index is 1250. The van der Waals surface area contributed by atoms with Gasteiger partial charge in [-0.3, -0.25) is 14.7 Å². The molecule has 0 radical (unpaired) electrons. The molecule has 3 N–H and O–H groups in total. The third-order valence-corrected chi connectivity index (χ3v) is 5.88. The van der Waals surface area contributed by atoms with E-state index in [1.54, 1.807) is 6.20 Å². The number of carbonyl (C=O) groups excluding carboxylic acids is 1. The fourth-order valence-corrected chi connectivity index (χ4v) is 4.31. The summed E-state index contributed by atoms with van der Waals surface area (Å²) in [5.41, 5.74) is 2.30. The van der Waals surface area contributed by atoms with Crippen LogP contribution in [0.5, 0.6) is 0 Å². The Labute approximate surface area is 166 Å². The highest BCUT2D eigenvalue weighted by Crippen LogP contribution is 2.34. The zero-order valence-electron chi connectivity index (χ0n) is 15.8. The number of nitrogens with zero attached hydrogens (tertiary/aromatic N) is 2. The molecule has 1 saturated carbocycles. The van der Waals surface area contributed by atoms with Gasteiger partial charge in [0.2, 0.25) is 0 Å². The van der Waals surface area contributed by atoms with Crippen LogP contribution in [0, 0.1) is 0 Å². The molecule has 1 fully saturated rings. The lowest BCUT2D eigenvalue weighted by Crippen LogP contribution is -2.37. The molecule has 7 nitrogen and oxygen atoms in total. The number of H-pyrrole nitrogens is 2. The molecule has 0 bridgehead atoms. The van der Waals surface area contributed by atoms with Crippen molar-refractivity contribution in [2.75, 3.05) is 0 Å². The van der Waals surface area contributed by atoms with Crippen LogP contribution in [0.3, 0.4) is 0 Å². The standard InChI is InChI=1S/C22H21N5O2/c28-21(14-5-6-15-12-23-25-19(15)11-14)24-16-9-7-13(8-10-16)20-17-3-1-2-4-18(17)22(29)27-26-20/h1-6,11-13,16H,7-10H2,(H,23,25)(H,24,28)(H,27,29). The molecule has 0 unspecified atom stereocenters. The van der Waals surface area contributed by atoms with Crippen molar-refractivity contribution in [3.63, 3.8) is 0 Å². The van der Waals surface area contributed by atoms with E-state index in [1.807, 2.05) is 42.5 Å². The van der Waals surface area contributed by atoms with E-state index in [-0.39, 0.29) is 23.4 Å². The Morgan fingerprint density at radius 1 is 1.00 bits per heavy atom. The molecule has 7 heteroatoms. The molecule has 2 heterocycles. The Balaban J connectivity index is 1.28. The summed E-state index contributed by atoms with van der Waals surface area (Å²) in [7, 11) is 0. The van der Waals surface area contributed by atoms with E-state index in [0.29, 0.717) is 10.9 Å². The van der Waals surface area contributed by atoms with Gasteiger partial charge in [-0.05, 0) is 43.9 Å². The van der Waals surface area contributed by atoms with Crippen molar-refractivity contribution in [2.45, 2.75) is 37.6 Å². The number of fused-ring (bicyclic) bond motifs is 2. The molecular formula is C22H21N5O2. The van der Waals surface area contributed by atoms with Crippen LogP contribution in [0.15, 0.2) is 53.5 Å². The number of aromatic amines is 2. The van der Waals surface area contributed by atoms with Crippen LogP contribution < -0.4 is 10.9 Å². The first-order valence-corrected chi connectivity index (χ1v) is 9.90. The first-order valence-electron chi connectivity index (χ1n) is 9.90. The topological polar surface area (TPSA) is 104 Å². The van der Waals surface area contributed by atoms with Gasteiger partial charge in [0.1, 0.15) is 0 Å². The summed E-state index contributed by atoms with van der Waals surface area (Å²) in [5, 5.41) is 19.6. The second-order valence-electron chi connectivity index (χ2n) is 7.68. The van der Waals surface area contributed by atoms with Crippen LogP contribution >= 0.6 is 0 Å². The molecular weight excluding hydrogens is 366 g/mol. The summed E-state index contributed by atoms with van der Waals surface area (Å²) in [5.74, 6) is 0.226. The van der Waals surface area contributed by atoms with Gasteiger partial charge in [-0.1, -0.05) is 24.3 Å². The van der Waals surface area contributed by atoms with E-state index in [1.165, 1.54) is 0 Å². The van der Waals surface area contributed by atoms with E-state index >= 15 is 0 Å². The molecule has 2 aromatic carbocycles. The molecule has 5 rings (SSSR count). The van der Waals surface area contributed by atoms with Gasteiger partial charge in [0.05, 0.1) is 22.8 Å². The van der Waals surface area contributed by atoms with Crippen LogP contribution in [0.2, 0.25) is 0 Å². The zero-order valence-corrected chi connectivity index (χ0v) is 15.8. The van der Waals surface area contributed by atoms with Crippen LogP contribution in [-0.2, 0) is 0 Å². The van der Waals surface area contributed by atoms with Gasteiger partial charge in [0, 0.05) is 28.3 Å². The van der Waals surface area contributed by atoms with Gasteiger partial charge in [0.25, 0.3) is 11.5 Å². The van der Waals surface area contributed by atoms with E-state index < -0.39 is 0 Å². The third-order valence-electron chi connectivity index (χ3n) is 5.88. The summed E-state index contributed by atoms with van der Waals surface area (Å²) < 4.78 is 0. The maximum absolute atomic E-state index is 12.6. The molecule has 4 aromatic rings. The lowest BCUT2D eigenvalue weighted by atomic mass is 9.82. The Morgan fingerprint density at radius 2 is 1.79 bits per heavy atom. The molecule has 2 aromatic heterocycles. The van der Waals surface area contributed by atoms with Gasteiger partial charge in [-0.15, -0.1) is 0 Å². The van der Waals surface area contributed by atoms with E-state index in [9.17, 15) is 9.59 Å². The largest absolute Gasteiger partial charge is 0.349 e. The predicted octanol–water partition coefficient (Wildman–Crippen LogP) is 3.26. The molecule has 146 valence electrons. The van der Waals surface area contributed by atoms with Gasteiger partial charge >= 0.3 is 0 Å². The number of nitrogens with one attached hydrogen (secondary N) is 3. The number of rotatable bonds is 3. The predicted molar refractivity (Wildman–Crippen MR) is 111 cm³/mol. The minimum absolute atomic E-state index is 0.0578. The number of amides is 1. The maximum atomic E-state index is 12.6. The smallest absolute Gasteiger partial charge is 0.272 e. The summed E-state index contributed by atoms with van der Waals surface area (Å²) in [6.07, 6.45) is 5.36. The van der Waals surface area contributed by atoms with E-state index in [4.69, 9.17) is 0 Å². The summed E-state index contributed by atoms with van der Waals surface area (Å²) >= 11 is 0.